The Morgan fingerprint density at radius 1 is 1.03 bits per heavy atom. The second-order valence-corrected chi connectivity index (χ2v) is 8.23. The fourth-order valence-corrected chi connectivity index (χ4v) is 3.74. The van der Waals surface area contributed by atoms with Crippen LogP contribution in [0.2, 0.25) is 10.0 Å². The highest BCUT2D eigenvalue weighted by molar-refractivity contribution is 6.36. The van der Waals surface area contributed by atoms with E-state index in [0.29, 0.717) is 22.0 Å². The highest BCUT2D eigenvalue weighted by Crippen LogP contribution is 2.27. The minimum absolute atomic E-state index is 0.0197. The summed E-state index contributed by atoms with van der Waals surface area (Å²) in [4.78, 5) is 27.8. The molecule has 0 bridgehead atoms. The van der Waals surface area contributed by atoms with Crippen LogP contribution in [0.1, 0.15) is 43.9 Å². The average molecular weight is 435 g/mol. The van der Waals surface area contributed by atoms with E-state index in [-0.39, 0.29) is 30.8 Å². The molecule has 0 unspecified atom stereocenters. The Balaban J connectivity index is 2.39. The van der Waals surface area contributed by atoms with Gasteiger partial charge in [-0.05, 0) is 50.5 Å². The largest absolute Gasteiger partial charge is 0.352 e. The Morgan fingerprint density at radius 3 is 2.21 bits per heavy atom. The van der Waals surface area contributed by atoms with Crippen molar-refractivity contribution in [2.45, 2.75) is 59.2 Å². The number of nitrogens with zero attached hydrogens (tertiary/aromatic N) is 1. The summed E-state index contributed by atoms with van der Waals surface area (Å²) in [5.74, 6) is -0.315. The van der Waals surface area contributed by atoms with Crippen LogP contribution in [0.4, 0.5) is 0 Å². The Bertz CT molecular complexity index is 847. The van der Waals surface area contributed by atoms with Crippen LogP contribution < -0.4 is 5.32 Å². The van der Waals surface area contributed by atoms with Crippen molar-refractivity contribution < 1.29 is 9.59 Å². The average Bonchev–Trinajstić information content (AvgIpc) is 2.65. The van der Waals surface area contributed by atoms with E-state index in [2.05, 4.69) is 5.32 Å². The molecular formula is C23H28Cl2N2O2. The van der Waals surface area contributed by atoms with E-state index in [9.17, 15) is 9.59 Å². The lowest BCUT2D eigenvalue weighted by atomic mass is 10.0. The van der Waals surface area contributed by atoms with E-state index in [1.165, 1.54) is 0 Å². The molecule has 0 aliphatic heterocycles. The van der Waals surface area contributed by atoms with Gasteiger partial charge in [0.25, 0.3) is 0 Å². The number of hydrogen-bond acceptors (Lipinski definition) is 2. The number of aryl methyl sites for hydroxylation is 1. The van der Waals surface area contributed by atoms with Gasteiger partial charge in [0.15, 0.2) is 0 Å². The third-order valence-electron chi connectivity index (χ3n) is 4.81. The first-order chi connectivity index (χ1) is 13.7. The zero-order chi connectivity index (χ0) is 21.6. The van der Waals surface area contributed by atoms with Crippen molar-refractivity contribution in [2.24, 2.45) is 0 Å². The first-order valence-corrected chi connectivity index (χ1v) is 10.6. The van der Waals surface area contributed by atoms with Gasteiger partial charge >= 0.3 is 0 Å². The van der Waals surface area contributed by atoms with Crippen molar-refractivity contribution >= 4 is 35.0 Å². The highest BCUT2D eigenvalue weighted by Gasteiger charge is 2.30. The van der Waals surface area contributed by atoms with Gasteiger partial charge in [0.05, 0.1) is 6.42 Å². The molecule has 0 saturated carbocycles. The highest BCUT2D eigenvalue weighted by atomic mass is 35.5. The lowest BCUT2D eigenvalue weighted by Crippen LogP contribution is -2.50. The molecule has 0 aliphatic rings. The van der Waals surface area contributed by atoms with Crippen molar-refractivity contribution in [1.29, 1.82) is 0 Å². The van der Waals surface area contributed by atoms with Crippen LogP contribution in [-0.2, 0) is 22.6 Å². The summed E-state index contributed by atoms with van der Waals surface area (Å²) in [6, 6.07) is 12.4. The standard InChI is InChI=1S/C23H28Cl2N2O2/c1-5-21(23(29)26-15(2)3)27(14-18-19(24)11-8-12-20(18)25)22(28)13-17-10-7-6-9-16(17)4/h6-12,15,21H,5,13-14H2,1-4H3,(H,26,29)/t21-/m0/s1. The molecule has 6 heteroatoms. The van der Waals surface area contributed by atoms with Gasteiger partial charge in [-0.15, -0.1) is 0 Å². The predicted octanol–water partition coefficient (Wildman–Crippen LogP) is 5.18. The maximum Gasteiger partial charge on any atom is 0.243 e. The summed E-state index contributed by atoms with van der Waals surface area (Å²) >= 11 is 12.7. The number of nitrogens with one attached hydrogen (secondary N) is 1. The van der Waals surface area contributed by atoms with Gasteiger partial charge in [0.1, 0.15) is 6.04 Å². The molecule has 0 radical (unpaired) electrons. The SMILES string of the molecule is CC[C@@H](C(=O)NC(C)C)N(Cc1c(Cl)cccc1Cl)C(=O)Cc1ccccc1C. The smallest absolute Gasteiger partial charge is 0.243 e. The fraction of sp³-hybridized carbons (Fsp3) is 0.391. The fourth-order valence-electron chi connectivity index (χ4n) is 3.23. The quantitative estimate of drug-likeness (QED) is 0.622. The molecule has 1 N–H and O–H groups in total. The zero-order valence-electron chi connectivity index (χ0n) is 17.3. The van der Waals surface area contributed by atoms with Gasteiger partial charge in [-0.3, -0.25) is 9.59 Å². The summed E-state index contributed by atoms with van der Waals surface area (Å²) in [7, 11) is 0. The van der Waals surface area contributed by atoms with Gasteiger partial charge in [0.2, 0.25) is 11.8 Å². The maximum absolute atomic E-state index is 13.3. The third-order valence-corrected chi connectivity index (χ3v) is 5.52. The lowest BCUT2D eigenvalue weighted by molar-refractivity contribution is -0.141. The Kier molecular flexibility index (Phi) is 8.54. The van der Waals surface area contributed by atoms with Gasteiger partial charge in [0, 0.05) is 28.2 Å². The topological polar surface area (TPSA) is 49.4 Å². The molecule has 0 fully saturated rings. The molecule has 0 saturated heterocycles. The third kappa shape index (κ3) is 6.22. The molecule has 0 heterocycles. The molecule has 0 aliphatic carbocycles. The minimum atomic E-state index is -0.610. The minimum Gasteiger partial charge on any atom is -0.352 e. The lowest BCUT2D eigenvalue weighted by Gasteiger charge is -2.32. The molecule has 0 spiro atoms. The molecule has 1 atom stereocenters. The number of halogens is 2. The van der Waals surface area contributed by atoms with E-state index < -0.39 is 6.04 Å². The van der Waals surface area contributed by atoms with Crippen molar-refractivity contribution in [3.05, 3.63) is 69.2 Å². The van der Waals surface area contributed by atoms with Gasteiger partial charge in [-0.25, -0.2) is 0 Å². The van der Waals surface area contributed by atoms with Crippen LogP contribution in [0.5, 0.6) is 0 Å². The monoisotopic (exact) mass is 434 g/mol. The number of amides is 2. The normalized spacial score (nSPS) is 12.0. The van der Waals surface area contributed by atoms with Crippen LogP contribution in [0, 0.1) is 6.92 Å². The summed E-state index contributed by atoms with van der Waals surface area (Å²) in [6.45, 7) is 7.84. The van der Waals surface area contributed by atoms with Crippen LogP contribution in [0.15, 0.2) is 42.5 Å². The predicted molar refractivity (Wildman–Crippen MR) is 119 cm³/mol. The first-order valence-electron chi connectivity index (χ1n) is 9.81. The van der Waals surface area contributed by atoms with Gasteiger partial charge in [-0.2, -0.15) is 0 Å². The second-order valence-electron chi connectivity index (χ2n) is 7.41. The molecular weight excluding hydrogens is 407 g/mol. The summed E-state index contributed by atoms with van der Waals surface area (Å²) in [6.07, 6.45) is 0.695. The number of hydrogen-bond donors (Lipinski definition) is 1. The molecule has 2 amide bonds. The zero-order valence-corrected chi connectivity index (χ0v) is 18.8. The summed E-state index contributed by atoms with van der Waals surface area (Å²) < 4.78 is 0. The van der Waals surface area contributed by atoms with E-state index in [0.717, 1.165) is 11.1 Å². The van der Waals surface area contributed by atoms with Crippen molar-refractivity contribution in [1.82, 2.24) is 10.2 Å². The molecule has 4 nitrogen and oxygen atoms in total. The Hall–Kier alpha value is -2.04. The number of benzene rings is 2. The van der Waals surface area contributed by atoms with Gasteiger partial charge < -0.3 is 10.2 Å². The number of carbonyl (C=O) groups excluding carboxylic acids is 2. The molecule has 29 heavy (non-hydrogen) atoms. The van der Waals surface area contributed by atoms with E-state index in [1.54, 1.807) is 23.1 Å². The summed E-state index contributed by atoms with van der Waals surface area (Å²) in [5.41, 5.74) is 2.62. The number of carbonyl (C=O) groups is 2. The van der Waals surface area contributed by atoms with Crippen molar-refractivity contribution in [2.75, 3.05) is 0 Å². The molecule has 2 aromatic carbocycles. The first kappa shape index (κ1) is 23.2. The Labute approximate surface area is 183 Å². The molecule has 0 aromatic heterocycles. The van der Waals surface area contributed by atoms with Crippen LogP contribution in [0.3, 0.4) is 0 Å². The molecule has 2 aromatic rings. The second kappa shape index (κ2) is 10.7. The van der Waals surface area contributed by atoms with E-state index >= 15 is 0 Å². The maximum atomic E-state index is 13.3. The van der Waals surface area contributed by atoms with Crippen LogP contribution in [0.25, 0.3) is 0 Å². The molecule has 2 rings (SSSR count). The van der Waals surface area contributed by atoms with Crippen LogP contribution >= 0.6 is 23.2 Å². The van der Waals surface area contributed by atoms with Crippen LogP contribution in [-0.4, -0.2) is 28.8 Å². The van der Waals surface area contributed by atoms with Crippen molar-refractivity contribution in [3.63, 3.8) is 0 Å². The summed E-state index contributed by atoms with van der Waals surface area (Å²) in [5, 5.41) is 3.87. The van der Waals surface area contributed by atoms with E-state index in [4.69, 9.17) is 23.2 Å². The molecule has 156 valence electrons. The van der Waals surface area contributed by atoms with Crippen molar-refractivity contribution in [3.8, 4) is 0 Å². The van der Waals surface area contributed by atoms with Gasteiger partial charge in [-0.1, -0.05) is 60.5 Å². The van der Waals surface area contributed by atoms with E-state index in [1.807, 2.05) is 52.0 Å². The number of rotatable bonds is 8. The Morgan fingerprint density at radius 2 is 1.66 bits per heavy atom.